The van der Waals surface area contributed by atoms with Gasteiger partial charge in [0.2, 0.25) is 0 Å². The molecule has 0 aliphatic heterocycles. The number of rotatable bonds is 4. The van der Waals surface area contributed by atoms with E-state index in [1.54, 1.807) is 0 Å². The Morgan fingerprint density at radius 3 is 2.77 bits per heavy atom. The summed E-state index contributed by atoms with van der Waals surface area (Å²) in [4.78, 5) is 11.2. The molecule has 3 aromatic rings. The molecule has 6 heteroatoms. The second-order valence-electron chi connectivity index (χ2n) is 5.58. The Balaban J connectivity index is 1.83. The number of aromatic nitrogens is 4. The van der Waals surface area contributed by atoms with Crippen LogP contribution in [0.4, 0.5) is 5.82 Å². The molecule has 0 aliphatic carbocycles. The van der Waals surface area contributed by atoms with Gasteiger partial charge in [-0.15, -0.1) is 0 Å². The van der Waals surface area contributed by atoms with E-state index in [-0.39, 0.29) is 6.04 Å². The van der Waals surface area contributed by atoms with Crippen LogP contribution in [0.5, 0.6) is 0 Å². The van der Waals surface area contributed by atoms with E-state index < -0.39 is 0 Å². The first kappa shape index (κ1) is 14.5. The third-order valence-electron chi connectivity index (χ3n) is 3.94. The van der Waals surface area contributed by atoms with Gasteiger partial charge in [-0.3, -0.25) is 9.58 Å². The molecule has 0 saturated carbocycles. The molecule has 22 heavy (non-hydrogen) atoms. The first-order chi connectivity index (χ1) is 10.5. The molecule has 6 nitrogen and oxygen atoms in total. The second-order valence-corrected chi connectivity index (χ2v) is 5.58. The van der Waals surface area contributed by atoms with Crippen molar-refractivity contribution in [1.29, 1.82) is 0 Å². The number of fused-ring (bicyclic) bond motifs is 1. The van der Waals surface area contributed by atoms with Gasteiger partial charge in [-0.05, 0) is 26.1 Å². The highest BCUT2D eigenvalue weighted by Gasteiger charge is 2.15. The summed E-state index contributed by atoms with van der Waals surface area (Å²) in [6.07, 6.45) is 3.91. The molecule has 0 saturated heterocycles. The highest BCUT2D eigenvalue weighted by atomic mass is 15.2. The Bertz CT molecular complexity index is 794. The predicted molar refractivity (Wildman–Crippen MR) is 87.0 cm³/mol. The molecule has 114 valence electrons. The molecular formula is C16H20N6. The van der Waals surface area contributed by atoms with Gasteiger partial charge in [-0.1, -0.05) is 12.1 Å². The number of benzene rings is 1. The van der Waals surface area contributed by atoms with Gasteiger partial charge in [0.15, 0.2) is 0 Å². The number of hydrogen-bond donors (Lipinski definition) is 1. The predicted octanol–water partition coefficient (Wildman–Crippen LogP) is 2.14. The number of hydrogen-bond acceptors (Lipinski definition) is 5. The van der Waals surface area contributed by atoms with Gasteiger partial charge in [0.25, 0.3) is 0 Å². The van der Waals surface area contributed by atoms with Crippen LogP contribution in [0.1, 0.15) is 24.4 Å². The molecule has 1 unspecified atom stereocenters. The number of nitrogens with zero attached hydrogens (tertiary/aromatic N) is 5. The van der Waals surface area contributed by atoms with E-state index in [0.29, 0.717) is 12.4 Å². The van der Waals surface area contributed by atoms with Crippen molar-refractivity contribution in [2.45, 2.75) is 19.5 Å². The van der Waals surface area contributed by atoms with Crippen LogP contribution >= 0.6 is 0 Å². The number of anilines is 1. The van der Waals surface area contributed by atoms with Crippen molar-refractivity contribution in [1.82, 2.24) is 24.6 Å². The number of nitrogen functional groups attached to an aromatic ring is 1. The summed E-state index contributed by atoms with van der Waals surface area (Å²) in [6, 6.07) is 8.03. The van der Waals surface area contributed by atoms with Gasteiger partial charge in [-0.25, -0.2) is 9.97 Å². The molecule has 0 amide bonds. The van der Waals surface area contributed by atoms with E-state index in [1.807, 2.05) is 55.4 Å². The molecule has 0 radical (unpaired) electrons. The topological polar surface area (TPSA) is 72.9 Å². The van der Waals surface area contributed by atoms with Crippen molar-refractivity contribution in [3.63, 3.8) is 0 Å². The molecule has 3 rings (SSSR count). The van der Waals surface area contributed by atoms with E-state index in [1.165, 1.54) is 5.56 Å². The largest absolute Gasteiger partial charge is 0.383 e. The Labute approximate surface area is 129 Å². The molecule has 0 fully saturated rings. The summed E-state index contributed by atoms with van der Waals surface area (Å²) in [5.74, 6) is 1.26. The number of aryl methyl sites for hydroxylation is 1. The standard InChI is InChI=1S/C16H20N6/c1-11(12-8-18-22(3)9-12)21(2)10-15-19-14-7-5-4-6-13(14)16(17)20-15/h4-9,11H,10H2,1-3H3,(H2,17,19,20). The lowest BCUT2D eigenvalue weighted by molar-refractivity contribution is 0.247. The van der Waals surface area contributed by atoms with Crippen molar-refractivity contribution in [3.05, 3.63) is 48.0 Å². The summed E-state index contributed by atoms with van der Waals surface area (Å²) >= 11 is 0. The smallest absolute Gasteiger partial charge is 0.145 e. The van der Waals surface area contributed by atoms with Crippen LogP contribution in [0.3, 0.4) is 0 Å². The summed E-state index contributed by atoms with van der Waals surface area (Å²) in [5.41, 5.74) is 8.09. The summed E-state index contributed by atoms with van der Waals surface area (Å²) < 4.78 is 1.81. The zero-order valence-electron chi connectivity index (χ0n) is 13.1. The molecule has 1 atom stereocenters. The van der Waals surface area contributed by atoms with E-state index >= 15 is 0 Å². The summed E-state index contributed by atoms with van der Waals surface area (Å²) in [7, 11) is 3.97. The Morgan fingerprint density at radius 2 is 2.05 bits per heavy atom. The van der Waals surface area contributed by atoms with Crippen molar-refractivity contribution in [2.24, 2.45) is 7.05 Å². The highest BCUT2D eigenvalue weighted by Crippen LogP contribution is 2.21. The van der Waals surface area contributed by atoms with Crippen LogP contribution in [0.15, 0.2) is 36.7 Å². The van der Waals surface area contributed by atoms with Crippen LogP contribution in [0.2, 0.25) is 0 Å². The minimum Gasteiger partial charge on any atom is -0.383 e. The summed E-state index contributed by atoms with van der Waals surface area (Å²) in [5, 5.41) is 5.12. The van der Waals surface area contributed by atoms with Crippen LogP contribution < -0.4 is 5.73 Å². The zero-order chi connectivity index (χ0) is 15.7. The molecule has 1 aromatic carbocycles. The fourth-order valence-corrected chi connectivity index (χ4v) is 2.49. The van der Waals surface area contributed by atoms with E-state index in [0.717, 1.165) is 16.7 Å². The maximum atomic E-state index is 6.04. The normalized spacial score (nSPS) is 12.9. The SMILES string of the molecule is CC(c1cnn(C)c1)N(C)Cc1nc(N)c2ccccc2n1. The van der Waals surface area contributed by atoms with E-state index in [9.17, 15) is 0 Å². The minimum atomic E-state index is 0.227. The molecular weight excluding hydrogens is 276 g/mol. The van der Waals surface area contributed by atoms with Gasteiger partial charge >= 0.3 is 0 Å². The average molecular weight is 296 g/mol. The maximum absolute atomic E-state index is 6.04. The van der Waals surface area contributed by atoms with Gasteiger partial charge in [0, 0.05) is 30.2 Å². The van der Waals surface area contributed by atoms with Crippen LogP contribution in [0.25, 0.3) is 10.9 Å². The van der Waals surface area contributed by atoms with Gasteiger partial charge in [-0.2, -0.15) is 5.10 Å². The molecule has 0 aliphatic rings. The monoisotopic (exact) mass is 296 g/mol. The van der Waals surface area contributed by atoms with Crippen molar-refractivity contribution in [3.8, 4) is 0 Å². The lowest BCUT2D eigenvalue weighted by Crippen LogP contribution is -2.23. The quantitative estimate of drug-likeness (QED) is 0.798. The first-order valence-corrected chi connectivity index (χ1v) is 7.24. The summed E-state index contributed by atoms with van der Waals surface area (Å²) in [6.45, 7) is 2.77. The fourth-order valence-electron chi connectivity index (χ4n) is 2.49. The maximum Gasteiger partial charge on any atom is 0.145 e. The van der Waals surface area contributed by atoms with Gasteiger partial charge in [0.1, 0.15) is 11.6 Å². The van der Waals surface area contributed by atoms with Crippen LogP contribution in [-0.4, -0.2) is 31.7 Å². The first-order valence-electron chi connectivity index (χ1n) is 7.24. The van der Waals surface area contributed by atoms with Gasteiger partial charge in [0.05, 0.1) is 18.3 Å². The Kier molecular flexibility index (Phi) is 3.77. The lowest BCUT2D eigenvalue weighted by Gasteiger charge is -2.23. The fraction of sp³-hybridized carbons (Fsp3) is 0.312. The van der Waals surface area contributed by atoms with Crippen molar-refractivity contribution in [2.75, 3.05) is 12.8 Å². The molecule has 0 spiro atoms. The number of nitrogens with two attached hydrogens (primary N) is 1. The minimum absolute atomic E-state index is 0.227. The van der Waals surface area contributed by atoms with E-state index in [4.69, 9.17) is 5.73 Å². The second kappa shape index (κ2) is 5.73. The van der Waals surface area contributed by atoms with Crippen LogP contribution in [-0.2, 0) is 13.6 Å². The van der Waals surface area contributed by atoms with Gasteiger partial charge < -0.3 is 5.73 Å². The zero-order valence-corrected chi connectivity index (χ0v) is 13.1. The highest BCUT2D eigenvalue weighted by molar-refractivity contribution is 5.87. The average Bonchev–Trinajstić information content (AvgIpc) is 2.93. The van der Waals surface area contributed by atoms with Crippen LogP contribution in [0, 0.1) is 0 Å². The Morgan fingerprint density at radius 1 is 1.27 bits per heavy atom. The van der Waals surface area contributed by atoms with Crippen molar-refractivity contribution >= 4 is 16.7 Å². The number of para-hydroxylation sites is 1. The van der Waals surface area contributed by atoms with Crippen molar-refractivity contribution < 1.29 is 0 Å². The Hall–Kier alpha value is -2.47. The molecule has 0 bridgehead atoms. The molecule has 2 aromatic heterocycles. The third kappa shape index (κ3) is 2.78. The molecule has 2 heterocycles. The third-order valence-corrected chi connectivity index (χ3v) is 3.94. The molecule has 2 N–H and O–H groups in total. The van der Waals surface area contributed by atoms with E-state index in [2.05, 4.69) is 26.9 Å². The lowest BCUT2D eigenvalue weighted by atomic mass is 10.1.